The van der Waals surface area contributed by atoms with E-state index in [0.29, 0.717) is 23.9 Å². The fraction of sp³-hybridized carbons (Fsp3) is 0.647. The van der Waals surface area contributed by atoms with Crippen LogP contribution in [0.3, 0.4) is 0 Å². The number of benzene rings is 2. The Hall–Kier alpha value is -1.64. The van der Waals surface area contributed by atoms with Gasteiger partial charge in [-0.15, -0.1) is 0 Å². The Morgan fingerprint density at radius 1 is 0.806 bits per heavy atom. The lowest BCUT2D eigenvalue weighted by Gasteiger charge is -2.41. The van der Waals surface area contributed by atoms with Gasteiger partial charge in [0.25, 0.3) is 0 Å². The molecule has 0 amide bonds. The summed E-state index contributed by atoms with van der Waals surface area (Å²) in [7, 11) is 0. The maximum atomic E-state index is 2.83. The van der Waals surface area contributed by atoms with Crippen molar-refractivity contribution < 1.29 is 0 Å². The van der Waals surface area contributed by atoms with Crippen LogP contribution in [0.25, 0.3) is 0 Å². The van der Waals surface area contributed by atoms with Gasteiger partial charge in [-0.3, -0.25) is 9.80 Å². The topological polar surface area (TPSA) is 6.48 Å². The third-order valence-corrected chi connectivity index (χ3v) is 9.18. The monoisotopic (exact) mass is 488 g/mol. The minimum Gasteiger partial charge on any atom is -0.291 e. The molecule has 2 saturated heterocycles. The summed E-state index contributed by atoms with van der Waals surface area (Å²) in [5.41, 5.74) is 6.58. The van der Waals surface area contributed by atoms with Crippen molar-refractivity contribution in [2.24, 2.45) is 0 Å². The molecule has 3 atom stereocenters. The first-order valence-corrected chi connectivity index (χ1v) is 14.7. The molecule has 2 nitrogen and oxygen atoms in total. The fourth-order valence-corrected chi connectivity index (χ4v) is 7.02. The first-order valence-electron chi connectivity index (χ1n) is 14.7. The molecule has 0 bridgehead atoms. The first-order chi connectivity index (χ1) is 17.0. The van der Waals surface area contributed by atoms with E-state index in [1.54, 1.807) is 5.56 Å². The molecular weight excluding hydrogens is 436 g/mol. The van der Waals surface area contributed by atoms with E-state index in [4.69, 9.17) is 0 Å². The second-order valence-electron chi connectivity index (χ2n) is 13.6. The Balaban J connectivity index is 1.45. The van der Waals surface area contributed by atoms with Crippen LogP contribution in [0, 0.1) is 0 Å². The molecule has 2 aromatic carbocycles. The van der Waals surface area contributed by atoms with E-state index in [9.17, 15) is 0 Å². The molecule has 0 aliphatic carbocycles. The summed E-state index contributed by atoms with van der Waals surface area (Å²) in [5, 5.41) is 0. The van der Waals surface area contributed by atoms with Gasteiger partial charge >= 0.3 is 0 Å². The summed E-state index contributed by atoms with van der Waals surface area (Å²) >= 11 is 0. The molecule has 2 aliphatic heterocycles. The maximum Gasteiger partial charge on any atom is 0.0356 e. The highest BCUT2D eigenvalue weighted by Crippen LogP contribution is 2.43. The summed E-state index contributed by atoms with van der Waals surface area (Å²) in [5.74, 6) is 1.16. The van der Waals surface area contributed by atoms with Gasteiger partial charge in [-0.05, 0) is 120 Å². The molecule has 0 spiro atoms. The predicted octanol–water partition coefficient (Wildman–Crippen LogP) is 9.24. The van der Waals surface area contributed by atoms with Gasteiger partial charge < -0.3 is 0 Å². The van der Waals surface area contributed by atoms with E-state index in [1.807, 2.05) is 0 Å². The highest BCUT2D eigenvalue weighted by Gasteiger charge is 2.38. The van der Waals surface area contributed by atoms with E-state index >= 15 is 0 Å². The average Bonchev–Trinajstić information content (AvgIpc) is 3.53. The Kier molecular flexibility index (Phi) is 8.37. The van der Waals surface area contributed by atoms with Crippen LogP contribution in [-0.2, 0) is 0 Å². The van der Waals surface area contributed by atoms with Crippen molar-refractivity contribution in [2.75, 3.05) is 13.1 Å². The molecule has 36 heavy (non-hydrogen) atoms. The fourth-order valence-electron chi connectivity index (χ4n) is 7.02. The van der Waals surface area contributed by atoms with Crippen LogP contribution in [0.15, 0.2) is 48.5 Å². The van der Waals surface area contributed by atoms with Gasteiger partial charge in [-0.25, -0.2) is 0 Å². The van der Waals surface area contributed by atoms with Crippen molar-refractivity contribution in [1.29, 1.82) is 0 Å². The third-order valence-electron chi connectivity index (χ3n) is 9.18. The van der Waals surface area contributed by atoms with Gasteiger partial charge in [0.1, 0.15) is 0 Å². The Labute approximate surface area is 222 Å². The Bertz CT molecular complexity index is 998. The van der Waals surface area contributed by atoms with Crippen LogP contribution in [0.2, 0.25) is 0 Å². The normalized spacial score (nSPS) is 23.0. The smallest absolute Gasteiger partial charge is 0.0356 e. The Morgan fingerprint density at radius 2 is 1.47 bits per heavy atom. The molecule has 4 rings (SSSR count). The lowest BCUT2D eigenvalue weighted by Crippen LogP contribution is -2.43. The SMILES string of the molecule is CC(C)c1ccccc1[C@H]1CCCN1C(C)(C)CCC(C)c1cccc(C2CCCN2C(C)(C)C)c1. The van der Waals surface area contributed by atoms with E-state index < -0.39 is 0 Å². The number of hydrogen-bond acceptors (Lipinski definition) is 2. The minimum atomic E-state index is 0.200. The van der Waals surface area contributed by atoms with E-state index in [-0.39, 0.29) is 11.1 Å². The molecule has 0 saturated carbocycles. The molecule has 0 N–H and O–H groups in total. The zero-order chi connectivity index (χ0) is 26.1. The number of rotatable bonds is 8. The lowest BCUT2D eigenvalue weighted by atomic mass is 9.85. The molecular formula is C34H52N2. The van der Waals surface area contributed by atoms with Gasteiger partial charge in [-0.2, -0.15) is 0 Å². The van der Waals surface area contributed by atoms with Crippen LogP contribution in [0.4, 0.5) is 0 Å². The maximum absolute atomic E-state index is 2.83. The molecule has 2 aliphatic rings. The van der Waals surface area contributed by atoms with Crippen LogP contribution in [0.1, 0.15) is 140 Å². The Morgan fingerprint density at radius 3 is 2.17 bits per heavy atom. The van der Waals surface area contributed by atoms with E-state index in [2.05, 4.69) is 114 Å². The van der Waals surface area contributed by atoms with Crippen molar-refractivity contribution in [1.82, 2.24) is 9.80 Å². The minimum absolute atomic E-state index is 0.200. The summed E-state index contributed by atoms with van der Waals surface area (Å²) in [6.45, 7) is 21.6. The van der Waals surface area contributed by atoms with Gasteiger partial charge in [0, 0.05) is 23.2 Å². The molecule has 198 valence electrons. The van der Waals surface area contributed by atoms with E-state index in [0.717, 1.165) is 0 Å². The predicted molar refractivity (Wildman–Crippen MR) is 156 cm³/mol. The first kappa shape index (κ1) is 27.4. The number of nitrogens with zero attached hydrogens (tertiary/aromatic N) is 2. The van der Waals surface area contributed by atoms with Crippen LogP contribution in [-0.4, -0.2) is 34.0 Å². The lowest BCUT2D eigenvalue weighted by molar-refractivity contribution is 0.0923. The quantitative estimate of drug-likeness (QED) is 0.365. The zero-order valence-electron chi connectivity index (χ0n) is 24.5. The molecule has 2 unspecified atom stereocenters. The largest absolute Gasteiger partial charge is 0.291 e. The zero-order valence-corrected chi connectivity index (χ0v) is 24.5. The van der Waals surface area contributed by atoms with Crippen molar-refractivity contribution in [3.8, 4) is 0 Å². The average molecular weight is 489 g/mol. The number of likely N-dealkylation sites (tertiary alicyclic amines) is 2. The standard InChI is InChI=1S/C34H52N2/c1-25(2)29-16-9-10-17-30(29)32-19-13-23-36(32)34(7,8)21-20-26(3)27-14-11-15-28(24-27)31-18-12-22-35(31)33(4,5)6/h9-11,14-17,24-26,31-32H,12-13,18-23H2,1-8H3/t26?,31?,32-/m1/s1. The third kappa shape index (κ3) is 5.91. The molecule has 2 fully saturated rings. The summed E-state index contributed by atoms with van der Waals surface area (Å²) < 4.78 is 0. The van der Waals surface area contributed by atoms with Crippen LogP contribution < -0.4 is 0 Å². The summed E-state index contributed by atoms with van der Waals surface area (Å²) in [6, 6.07) is 19.9. The molecule has 2 heterocycles. The highest BCUT2D eigenvalue weighted by atomic mass is 15.2. The number of hydrogen-bond donors (Lipinski definition) is 0. The van der Waals surface area contributed by atoms with Crippen LogP contribution in [0.5, 0.6) is 0 Å². The molecule has 2 aromatic rings. The molecule has 0 aromatic heterocycles. The summed E-state index contributed by atoms with van der Waals surface area (Å²) in [6.07, 6.45) is 7.67. The van der Waals surface area contributed by atoms with Crippen LogP contribution >= 0.6 is 0 Å². The second kappa shape index (κ2) is 11.0. The van der Waals surface area contributed by atoms with Crippen molar-refractivity contribution in [2.45, 2.75) is 129 Å². The summed E-state index contributed by atoms with van der Waals surface area (Å²) in [4.78, 5) is 5.54. The van der Waals surface area contributed by atoms with Crippen molar-refractivity contribution in [3.63, 3.8) is 0 Å². The van der Waals surface area contributed by atoms with Crippen molar-refractivity contribution in [3.05, 3.63) is 70.8 Å². The van der Waals surface area contributed by atoms with Gasteiger partial charge in [0.15, 0.2) is 0 Å². The second-order valence-corrected chi connectivity index (χ2v) is 13.6. The van der Waals surface area contributed by atoms with Gasteiger partial charge in [0.05, 0.1) is 0 Å². The highest BCUT2D eigenvalue weighted by molar-refractivity contribution is 5.33. The molecule has 0 radical (unpaired) electrons. The van der Waals surface area contributed by atoms with Gasteiger partial charge in [0.2, 0.25) is 0 Å². The van der Waals surface area contributed by atoms with Crippen molar-refractivity contribution >= 4 is 0 Å². The van der Waals surface area contributed by atoms with E-state index in [1.165, 1.54) is 68.3 Å². The molecule has 2 heteroatoms. The van der Waals surface area contributed by atoms with Gasteiger partial charge in [-0.1, -0.05) is 69.3 Å².